The molecular weight excluding hydrogens is 466 g/mol. The summed E-state index contributed by atoms with van der Waals surface area (Å²) in [7, 11) is 0. The van der Waals surface area contributed by atoms with Crippen molar-refractivity contribution in [1.82, 2.24) is 0 Å². The van der Waals surface area contributed by atoms with Crippen molar-refractivity contribution in [2.24, 2.45) is 23.7 Å². The van der Waals surface area contributed by atoms with Gasteiger partial charge in [-0.2, -0.15) is 26.3 Å². The molecule has 0 aromatic heterocycles. The van der Waals surface area contributed by atoms with E-state index < -0.39 is 67.0 Å². The minimum absolute atomic E-state index is 0.168. The van der Waals surface area contributed by atoms with Crippen LogP contribution in [-0.4, -0.2) is 52.9 Å². The highest BCUT2D eigenvalue weighted by Gasteiger charge is 2.75. The van der Waals surface area contributed by atoms with Crippen LogP contribution in [0.4, 0.5) is 26.3 Å². The number of halogens is 6. The van der Waals surface area contributed by atoms with Crippen LogP contribution in [0.3, 0.4) is 0 Å². The molecule has 0 aliphatic heterocycles. The van der Waals surface area contributed by atoms with Gasteiger partial charge in [0, 0.05) is 0 Å². The van der Waals surface area contributed by atoms with Gasteiger partial charge in [-0.25, -0.2) is 0 Å². The molecule has 13 heteroatoms. The van der Waals surface area contributed by atoms with Crippen molar-refractivity contribution >= 4 is 23.7 Å². The molecule has 2 bridgehead atoms. The molecule has 0 amide bonds. The minimum atomic E-state index is -6.32. The summed E-state index contributed by atoms with van der Waals surface area (Å²) in [6.45, 7) is 0. The van der Waals surface area contributed by atoms with Crippen LogP contribution in [-0.2, 0) is 28.7 Å². The summed E-state index contributed by atoms with van der Waals surface area (Å²) < 4.78 is 87.5. The number of hydrogen-bond acceptors (Lipinski definition) is 6. The molecule has 3 aliphatic carbocycles. The number of hydrogen-bond donors (Lipinski definition) is 1. The molecule has 0 aromatic rings. The number of ether oxygens (including phenoxy) is 2. The Kier molecular flexibility index (Phi) is 6.73. The SMILES string of the molecule is O=C(O)CC(OC(=O)CC(=O)CC(=O)OC1CC2CC1C1CCCC21)(C(F)(F)F)C(F)(F)F. The Morgan fingerprint density at radius 1 is 0.818 bits per heavy atom. The van der Waals surface area contributed by atoms with Crippen LogP contribution in [0.5, 0.6) is 0 Å². The summed E-state index contributed by atoms with van der Waals surface area (Å²) in [5, 5.41) is 8.51. The van der Waals surface area contributed by atoms with E-state index in [4.69, 9.17) is 9.84 Å². The standard InChI is InChI=1S/C20H22F6O7/c21-19(22,23)18(8-15(28)29,20(24,25)26)33-17(31)7-10(27)6-16(30)32-14-5-9-4-13(14)12-3-1-2-11(9)12/h9,11-14H,1-8H2,(H,28,29). The zero-order valence-corrected chi connectivity index (χ0v) is 17.2. The number of carbonyl (C=O) groups excluding carboxylic acids is 3. The van der Waals surface area contributed by atoms with Crippen LogP contribution in [0.15, 0.2) is 0 Å². The average Bonchev–Trinajstić information content (AvgIpc) is 3.31. The molecule has 5 atom stereocenters. The lowest BCUT2D eigenvalue weighted by molar-refractivity contribution is -0.369. The van der Waals surface area contributed by atoms with E-state index in [2.05, 4.69) is 4.74 Å². The van der Waals surface area contributed by atoms with Gasteiger partial charge in [-0.05, 0) is 49.4 Å². The lowest BCUT2D eigenvalue weighted by atomic mass is 9.80. The van der Waals surface area contributed by atoms with Crippen molar-refractivity contribution < 1.29 is 60.1 Å². The van der Waals surface area contributed by atoms with E-state index in [1.54, 1.807) is 0 Å². The Balaban J connectivity index is 1.56. The van der Waals surface area contributed by atoms with Crippen LogP contribution in [0.1, 0.15) is 51.4 Å². The predicted octanol–water partition coefficient (Wildman–Crippen LogP) is 3.58. The molecule has 186 valence electrons. The highest BCUT2D eigenvalue weighted by atomic mass is 19.4. The zero-order chi connectivity index (χ0) is 24.8. The van der Waals surface area contributed by atoms with Crippen molar-refractivity contribution in [3.8, 4) is 0 Å². The van der Waals surface area contributed by atoms with Crippen LogP contribution >= 0.6 is 0 Å². The van der Waals surface area contributed by atoms with Crippen molar-refractivity contribution in [2.45, 2.75) is 75.4 Å². The van der Waals surface area contributed by atoms with Gasteiger partial charge in [0.15, 0.2) is 5.78 Å². The molecule has 0 radical (unpaired) electrons. The third kappa shape index (κ3) is 4.96. The zero-order valence-electron chi connectivity index (χ0n) is 17.2. The number of carbonyl (C=O) groups is 4. The summed E-state index contributed by atoms with van der Waals surface area (Å²) in [5.74, 6) is -5.46. The van der Waals surface area contributed by atoms with Gasteiger partial charge in [0.1, 0.15) is 25.4 Å². The van der Waals surface area contributed by atoms with Crippen LogP contribution < -0.4 is 0 Å². The predicted molar refractivity (Wildman–Crippen MR) is 94.4 cm³/mol. The summed E-state index contributed by atoms with van der Waals surface area (Å²) in [4.78, 5) is 46.3. The number of rotatable bonds is 8. The topological polar surface area (TPSA) is 107 Å². The molecule has 1 N–H and O–H groups in total. The Morgan fingerprint density at radius 2 is 1.39 bits per heavy atom. The maximum absolute atomic E-state index is 13.1. The fourth-order valence-corrected chi connectivity index (χ4v) is 5.69. The number of carboxylic acid groups (broad SMARTS) is 1. The van der Waals surface area contributed by atoms with E-state index >= 15 is 0 Å². The molecule has 0 aromatic carbocycles. The van der Waals surface area contributed by atoms with E-state index in [0.29, 0.717) is 24.2 Å². The van der Waals surface area contributed by atoms with Gasteiger partial charge in [0.05, 0.1) is 0 Å². The second kappa shape index (κ2) is 8.79. The van der Waals surface area contributed by atoms with E-state index in [1.165, 1.54) is 0 Å². The first kappa shape index (κ1) is 25.3. The first-order valence-corrected chi connectivity index (χ1v) is 10.4. The smallest absolute Gasteiger partial charge is 0.438 e. The number of Topliss-reactive ketones (excluding diaryl/α,β-unsaturated/α-hetero) is 1. The van der Waals surface area contributed by atoms with Gasteiger partial charge in [0.2, 0.25) is 0 Å². The number of alkyl halides is 6. The van der Waals surface area contributed by atoms with Crippen LogP contribution in [0.25, 0.3) is 0 Å². The highest BCUT2D eigenvalue weighted by molar-refractivity contribution is 6.03. The number of esters is 2. The van der Waals surface area contributed by atoms with Gasteiger partial charge in [0.25, 0.3) is 0 Å². The summed E-state index contributed by atoms with van der Waals surface area (Å²) in [6.07, 6.45) is -13.5. The van der Waals surface area contributed by atoms with E-state index in [-0.39, 0.29) is 5.92 Å². The Hall–Kier alpha value is -2.34. The fourth-order valence-electron chi connectivity index (χ4n) is 5.69. The molecule has 3 saturated carbocycles. The third-order valence-corrected chi connectivity index (χ3v) is 6.94. The molecule has 3 aliphatic rings. The molecule has 3 fully saturated rings. The first-order valence-electron chi connectivity index (χ1n) is 10.4. The molecule has 3 rings (SSSR count). The van der Waals surface area contributed by atoms with Gasteiger partial charge in [-0.15, -0.1) is 0 Å². The molecular formula is C20H22F6O7. The molecule has 7 nitrogen and oxygen atoms in total. The highest BCUT2D eigenvalue weighted by Crippen LogP contribution is 2.59. The summed E-state index contributed by atoms with van der Waals surface area (Å²) in [6, 6.07) is 0. The summed E-state index contributed by atoms with van der Waals surface area (Å²) in [5.41, 5.74) is -5.33. The van der Waals surface area contributed by atoms with Crippen molar-refractivity contribution in [1.29, 1.82) is 0 Å². The Bertz CT molecular complexity index is 807. The van der Waals surface area contributed by atoms with E-state index in [0.717, 1.165) is 25.7 Å². The Labute approximate surface area is 183 Å². The number of ketones is 1. The van der Waals surface area contributed by atoms with Crippen molar-refractivity contribution in [3.63, 3.8) is 0 Å². The largest absolute Gasteiger partial charge is 0.481 e. The lowest BCUT2D eigenvalue weighted by Crippen LogP contribution is -2.60. The monoisotopic (exact) mass is 488 g/mol. The maximum Gasteiger partial charge on any atom is 0.438 e. The number of carboxylic acids is 1. The lowest BCUT2D eigenvalue weighted by Gasteiger charge is -2.35. The second-order valence-electron chi connectivity index (χ2n) is 8.94. The van der Waals surface area contributed by atoms with Gasteiger partial charge in [-0.3, -0.25) is 19.2 Å². The van der Waals surface area contributed by atoms with Crippen molar-refractivity contribution in [3.05, 3.63) is 0 Å². The van der Waals surface area contributed by atoms with Crippen molar-refractivity contribution in [2.75, 3.05) is 0 Å². The van der Waals surface area contributed by atoms with Crippen LogP contribution in [0, 0.1) is 23.7 Å². The van der Waals surface area contributed by atoms with E-state index in [9.17, 15) is 45.5 Å². The van der Waals surface area contributed by atoms with Crippen LogP contribution in [0.2, 0.25) is 0 Å². The number of aliphatic carboxylic acids is 1. The molecule has 0 saturated heterocycles. The normalized spacial score (nSPS) is 29.0. The van der Waals surface area contributed by atoms with Gasteiger partial charge >= 0.3 is 35.9 Å². The molecule has 0 spiro atoms. The average molecular weight is 488 g/mol. The van der Waals surface area contributed by atoms with E-state index in [1.807, 2.05) is 0 Å². The molecule has 33 heavy (non-hydrogen) atoms. The minimum Gasteiger partial charge on any atom is -0.481 e. The second-order valence-corrected chi connectivity index (χ2v) is 8.94. The van der Waals surface area contributed by atoms with Gasteiger partial charge in [-0.1, -0.05) is 6.42 Å². The number of fused-ring (bicyclic) bond motifs is 5. The summed E-state index contributed by atoms with van der Waals surface area (Å²) >= 11 is 0. The Morgan fingerprint density at radius 3 is 1.97 bits per heavy atom. The first-order chi connectivity index (χ1) is 15.1. The molecule has 5 unspecified atom stereocenters. The third-order valence-electron chi connectivity index (χ3n) is 6.94. The quantitative estimate of drug-likeness (QED) is 0.316. The molecule has 0 heterocycles. The fraction of sp³-hybridized carbons (Fsp3) is 0.800. The van der Waals surface area contributed by atoms with Gasteiger partial charge < -0.3 is 14.6 Å². The maximum atomic E-state index is 13.1.